The molecule has 1 rings (SSSR count). The molecular weight excluding hydrogens is 170 g/mol. The van der Waals surface area contributed by atoms with Crippen LogP contribution in [0.2, 0.25) is 0 Å². The van der Waals surface area contributed by atoms with Crippen molar-refractivity contribution in [2.24, 2.45) is 0 Å². The molecule has 4 heteroatoms. The summed E-state index contributed by atoms with van der Waals surface area (Å²) < 4.78 is 10.2. The van der Waals surface area contributed by atoms with E-state index >= 15 is 0 Å². The molecule has 0 amide bonds. The van der Waals surface area contributed by atoms with Crippen molar-refractivity contribution >= 4 is 0 Å². The van der Waals surface area contributed by atoms with Crippen molar-refractivity contribution in [1.82, 2.24) is 5.48 Å². The molecule has 0 aliphatic rings. The summed E-state index contributed by atoms with van der Waals surface area (Å²) in [6, 6.07) is 5.46. The van der Waals surface area contributed by atoms with E-state index in [1.165, 1.54) is 0 Å². The van der Waals surface area contributed by atoms with Gasteiger partial charge < -0.3 is 14.7 Å². The second kappa shape index (κ2) is 4.69. The standard InChI is InChI=1S/C9H13NO3/c1-12-8-4-3-7(6-10-11)5-9(8)13-2/h3-5,10-11H,6H2,1-2H3. The summed E-state index contributed by atoms with van der Waals surface area (Å²) in [7, 11) is 3.16. The molecule has 72 valence electrons. The monoisotopic (exact) mass is 183 g/mol. The Hall–Kier alpha value is -1.26. The molecule has 0 fully saturated rings. The summed E-state index contributed by atoms with van der Waals surface area (Å²) in [5.41, 5.74) is 3.01. The summed E-state index contributed by atoms with van der Waals surface area (Å²) >= 11 is 0. The van der Waals surface area contributed by atoms with E-state index in [0.717, 1.165) is 5.56 Å². The summed E-state index contributed by atoms with van der Waals surface area (Å²) in [6.07, 6.45) is 0. The predicted octanol–water partition coefficient (Wildman–Crippen LogP) is 1.18. The van der Waals surface area contributed by atoms with Crippen LogP contribution in [0.5, 0.6) is 11.5 Å². The highest BCUT2D eigenvalue weighted by molar-refractivity contribution is 5.42. The number of nitrogens with one attached hydrogen (secondary N) is 1. The smallest absolute Gasteiger partial charge is 0.161 e. The van der Waals surface area contributed by atoms with Crippen molar-refractivity contribution in [3.05, 3.63) is 23.8 Å². The van der Waals surface area contributed by atoms with Gasteiger partial charge >= 0.3 is 0 Å². The van der Waals surface area contributed by atoms with Gasteiger partial charge in [0.15, 0.2) is 11.5 Å². The average molecular weight is 183 g/mol. The van der Waals surface area contributed by atoms with Crippen LogP contribution in [0.1, 0.15) is 5.56 Å². The van der Waals surface area contributed by atoms with Crippen molar-refractivity contribution in [2.75, 3.05) is 14.2 Å². The quantitative estimate of drug-likeness (QED) is 0.688. The third-order valence-corrected chi connectivity index (χ3v) is 1.73. The van der Waals surface area contributed by atoms with E-state index in [1.54, 1.807) is 20.3 Å². The predicted molar refractivity (Wildman–Crippen MR) is 48.2 cm³/mol. The molecule has 0 spiro atoms. The van der Waals surface area contributed by atoms with Crippen molar-refractivity contribution in [2.45, 2.75) is 6.54 Å². The van der Waals surface area contributed by atoms with Gasteiger partial charge in [0.05, 0.1) is 14.2 Å². The Morgan fingerprint density at radius 2 is 1.92 bits per heavy atom. The normalized spacial score (nSPS) is 9.77. The van der Waals surface area contributed by atoms with Gasteiger partial charge in [-0.1, -0.05) is 6.07 Å². The van der Waals surface area contributed by atoms with Gasteiger partial charge in [0.1, 0.15) is 0 Å². The maximum atomic E-state index is 8.49. The Labute approximate surface area is 77.1 Å². The molecule has 0 aliphatic carbocycles. The van der Waals surface area contributed by atoms with Gasteiger partial charge in [-0.2, -0.15) is 0 Å². The maximum Gasteiger partial charge on any atom is 0.161 e. The topological polar surface area (TPSA) is 50.7 Å². The summed E-state index contributed by atoms with van der Waals surface area (Å²) in [5.74, 6) is 1.35. The maximum absolute atomic E-state index is 8.49. The number of hydrogen-bond acceptors (Lipinski definition) is 4. The molecule has 13 heavy (non-hydrogen) atoms. The van der Waals surface area contributed by atoms with Gasteiger partial charge in [-0.05, 0) is 17.7 Å². The Morgan fingerprint density at radius 3 is 2.46 bits per heavy atom. The fourth-order valence-electron chi connectivity index (χ4n) is 1.08. The minimum absolute atomic E-state index is 0.389. The molecule has 0 saturated heterocycles. The molecular formula is C9H13NO3. The highest BCUT2D eigenvalue weighted by Gasteiger charge is 2.03. The zero-order chi connectivity index (χ0) is 9.68. The molecule has 0 radical (unpaired) electrons. The minimum atomic E-state index is 0.389. The van der Waals surface area contributed by atoms with Crippen molar-refractivity contribution < 1.29 is 14.7 Å². The molecule has 0 aromatic heterocycles. The van der Waals surface area contributed by atoms with Crippen LogP contribution in [0.3, 0.4) is 0 Å². The Morgan fingerprint density at radius 1 is 1.23 bits per heavy atom. The van der Waals surface area contributed by atoms with E-state index in [1.807, 2.05) is 12.1 Å². The van der Waals surface area contributed by atoms with Crippen LogP contribution in [0.15, 0.2) is 18.2 Å². The van der Waals surface area contributed by atoms with Crippen molar-refractivity contribution in [3.8, 4) is 11.5 Å². The van der Waals surface area contributed by atoms with E-state index in [2.05, 4.69) is 5.48 Å². The van der Waals surface area contributed by atoms with Crippen LogP contribution >= 0.6 is 0 Å². The van der Waals surface area contributed by atoms with Gasteiger partial charge in [-0.25, -0.2) is 5.48 Å². The number of hydrogen-bond donors (Lipinski definition) is 2. The molecule has 2 N–H and O–H groups in total. The second-order valence-electron chi connectivity index (χ2n) is 2.52. The first-order chi connectivity index (χ1) is 6.31. The first-order valence-corrected chi connectivity index (χ1v) is 3.89. The van der Waals surface area contributed by atoms with E-state index in [4.69, 9.17) is 14.7 Å². The highest BCUT2D eigenvalue weighted by atomic mass is 16.5. The summed E-state index contributed by atoms with van der Waals surface area (Å²) in [6.45, 7) is 0.389. The van der Waals surface area contributed by atoms with E-state index < -0.39 is 0 Å². The summed E-state index contributed by atoms with van der Waals surface area (Å²) in [4.78, 5) is 0. The van der Waals surface area contributed by atoms with E-state index in [0.29, 0.717) is 18.0 Å². The Balaban J connectivity index is 2.91. The first kappa shape index (κ1) is 9.83. The van der Waals surface area contributed by atoms with Crippen LogP contribution in [-0.4, -0.2) is 19.4 Å². The van der Waals surface area contributed by atoms with Crippen LogP contribution in [0.25, 0.3) is 0 Å². The molecule has 0 heterocycles. The number of ether oxygens (including phenoxy) is 2. The zero-order valence-corrected chi connectivity index (χ0v) is 7.70. The van der Waals surface area contributed by atoms with Crippen LogP contribution < -0.4 is 15.0 Å². The third kappa shape index (κ3) is 2.34. The number of hydroxylamine groups is 1. The lowest BCUT2D eigenvalue weighted by Gasteiger charge is -2.08. The molecule has 0 atom stereocenters. The van der Waals surface area contributed by atoms with Gasteiger partial charge in [0.25, 0.3) is 0 Å². The van der Waals surface area contributed by atoms with Gasteiger partial charge in [-0.3, -0.25) is 0 Å². The van der Waals surface area contributed by atoms with Gasteiger partial charge in [0.2, 0.25) is 0 Å². The van der Waals surface area contributed by atoms with Crippen LogP contribution in [0.4, 0.5) is 0 Å². The SMILES string of the molecule is COc1ccc(CNO)cc1OC. The third-order valence-electron chi connectivity index (χ3n) is 1.73. The Bertz CT molecular complexity index is 276. The number of rotatable bonds is 4. The van der Waals surface area contributed by atoms with E-state index in [-0.39, 0.29) is 0 Å². The lowest BCUT2D eigenvalue weighted by atomic mass is 10.2. The minimum Gasteiger partial charge on any atom is -0.493 e. The van der Waals surface area contributed by atoms with Gasteiger partial charge in [-0.15, -0.1) is 0 Å². The molecule has 0 saturated carbocycles. The van der Waals surface area contributed by atoms with Crippen molar-refractivity contribution in [1.29, 1.82) is 0 Å². The molecule has 4 nitrogen and oxygen atoms in total. The number of benzene rings is 1. The van der Waals surface area contributed by atoms with Crippen molar-refractivity contribution in [3.63, 3.8) is 0 Å². The zero-order valence-electron chi connectivity index (χ0n) is 7.70. The number of methoxy groups -OCH3 is 2. The first-order valence-electron chi connectivity index (χ1n) is 3.89. The Kier molecular flexibility index (Phi) is 3.54. The largest absolute Gasteiger partial charge is 0.493 e. The molecule has 1 aromatic carbocycles. The fraction of sp³-hybridized carbons (Fsp3) is 0.333. The fourth-order valence-corrected chi connectivity index (χ4v) is 1.08. The molecule has 0 unspecified atom stereocenters. The average Bonchev–Trinajstić information content (AvgIpc) is 2.18. The van der Waals surface area contributed by atoms with E-state index in [9.17, 15) is 0 Å². The van der Waals surface area contributed by atoms with Gasteiger partial charge in [0, 0.05) is 6.54 Å². The highest BCUT2D eigenvalue weighted by Crippen LogP contribution is 2.27. The lowest BCUT2D eigenvalue weighted by molar-refractivity contribution is 0.161. The van der Waals surface area contributed by atoms with Crippen LogP contribution in [0, 0.1) is 0 Å². The summed E-state index contributed by atoms with van der Waals surface area (Å²) in [5, 5.41) is 8.49. The lowest BCUT2D eigenvalue weighted by Crippen LogP contribution is -2.06. The molecule has 0 aliphatic heterocycles. The van der Waals surface area contributed by atoms with Crippen LogP contribution in [-0.2, 0) is 6.54 Å². The second-order valence-corrected chi connectivity index (χ2v) is 2.52. The molecule has 0 bridgehead atoms. The molecule has 1 aromatic rings.